The van der Waals surface area contributed by atoms with E-state index < -0.39 is 0 Å². The zero-order valence-electron chi connectivity index (χ0n) is 14.6. The normalized spacial score (nSPS) is 11.2. The Morgan fingerprint density at radius 2 is 1.81 bits per heavy atom. The first-order valence-electron chi connectivity index (χ1n) is 8.48. The van der Waals surface area contributed by atoms with Gasteiger partial charge in [-0.2, -0.15) is 0 Å². The van der Waals surface area contributed by atoms with Gasteiger partial charge in [0.05, 0.1) is 0 Å². The Kier molecular flexibility index (Phi) is 4.47. The SMILES string of the molecule is CCSc1ccccc1-c1nc2cc(-c3ccc(F)cc3)cnc2n1C. The second-order valence-corrected chi connectivity index (χ2v) is 7.30. The number of aromatic nitrogens is 3. The van der Waals surface area contributed by atoms with E-state index in [9.17, 15) is 4.39 Å². The number of thioether (sulfide) groups is 1. The van der Waals surface area contributed by atoms with Crippen LogP contribution in [0.3, 0.4) is 0 Å². The molecule has 0 atom stereocenters. The molecule has 2 heterocycles. The second-order valence-electron chi connectivity index (χ2n) is 6.00. The number of halogens is 1. The number of fused-ring (bicyclic) bond motifs is 1. The average Bonchev–Trinajstić information content (AvgIpc) is 2.99. The molecule has 0 aliphatic rings. The smallest absolute Gasteiger partial charge is 0.160 e. The Bertz CT molecular complexity index is 1070. The van der Waals surface area contributed by atoms with Crippen LogP contribution in [-0.4, -0.2) is 20.3 Å². The number of hydrogen-bond acceptors (Lipinski definition) is 3. The van der Waals surface area contributed by atoms with Crippen molar-refractivity contribution >= 4 is 22.9 Å². The van der Waals surface area contributed by atoms with Crippen LogP contribution in [0, 0.1) is 5.82 Å². The summed E-state index contributed by atoms with van der Waals surface area (Å²) in [6.07, 6.45) is 1.81. The summed E-state index contributed by atoms with van der Waals surface area (Å²) in [7, 11) is 1.99. The summed E-state index contributed by atoms with van der Waals surface area (Å²) in [5.41, 5.74) is 4.64. The first-order chi connectivity index (χ1) is 12.7. The minimum absolute atomic E-state index is 0.243. The van der Waals surface area contributed by atoms with Gasteiger partial charge in [0.2, 0.25) is 0 Å². The van der Waals surface area contributed by atoms with E-state index in [0.29, 0.717) is 0 Å². The molecule has 0 amide bonds. The van der Waals surface area contributed by atoms with Crippen LogP contribution in [0.1, 0.15) is 6.92 Å². The van der Waals surface area contributed by atoms with E-state index in [0.717, 1.165) is 39.4 Å². The van der Waals surface area contributed by atoms with Crippen LogP contribution in [0.2, 0.25) is 0 Å². The number of hydrogen-bond donors (Lipinski definition) is 0. The standard InChI is InChI=1S/C21H18FN3S/c1-3-26-19-7-5-4-6-17(19)20-24-18-12-15(13-23-21(18)25(20)2)14-8-10-16(22)11-9-14/h4-13H,3H2,1-2H3. The third-order valence-corrected chi connectivity index (χ3v) is 5.27. The van der Waals surface area contributed by atoms with Gasteiger partial charge >= 0.3 is 0 Å². The summed E-state index contributed by atoms with van der Waals surface area (Å²) in [5.74, 6) is 1.67. The molecule has 0 aliphatic carbocycles. The fraction of sp³-hybridized carbons (Fsp3) is 0.143. The first kappa shape index (κ1) is 16.8. The summed E-state index contributed by atoms with van der Waals surface area (Å²) < 4.78 is 15.2. The van der Waals surface area contributed by atoms with Crippen LogP contribution in [-0.2, 0) is 7.05 Å². The van der Waals surface area contributed by atoms with Crippen LogP contribution < -0.4 is 0 Å². The molecular formula is C21H18FN3S. The molecule has 3 nitrogen and oxygen atoms in total. The van der Waals surface area contributed by atoms with Crippen LogP contribution in [0.4, 0.5) is 4.39 Å². The highest BCUT2D eigenvalue weighted by Crippen LogP contribution is 2.32. The Balaban J connectivity index is 1.83. The van der Waals surface area contributed by atoms with Crippen LogP contribution in [0.25, 0.3) is 33.7 Å². The topological polar surface area (TPSA) is 30.7 Å². The summed E-state index contributed by atoms with van der Waals surface area (Å²) in [4.78, 5) is 10.7. The van der Waals surface area contributed by atoms with Crippen molar-refractivity contribution in [2.45, 2.75) is 11.8 Å². The molecular weight excluding hydrogens is 345 g/mol. The van der Waals surface area contributed by atoms with E-state index in [1.807, 2.05) is 41.7 Å². The van der Waals surface area contributed by atoms with Crippen molar-refractivity contribution in [3.05, 3.63) is 66.6 Å². The zero-order chi connectivity index (χ0) is 18.1. The zero-order valence-corrected chi connectivity index (χ0v) is 15.4. The molecule has 0 bridgehead atoms. The van der Waals surface area contributed by atoms with Gasteiger partial charge in [-0.25, -0.2) is 14.4 Å². The molecule has 4 aromatic rings. The van der Waals surface area contributed by atoms with Gasteiger partial charge in [0, 0.05) is 29.3 Å². The minimum atomic E-state index is -0.243. The third kappa shape index (κ3) is 2.99. The Hall–Kier alpha value is -2.66. The molecule has 0 fully saturated rings. The van der Waals surface area contributed by atoms with Gasteiger partial charge in [-0.3, -0.25) is 0 Å². The quantitative estimate of drug-likeness (QED) is 0.445. The highest BCUT2D eigenvalue weighted by molar-refractivity contribution is 7.99. The maximum absolute atomic E-state index is 13.2. The van der Waals surface area contributed by atoms with Gasteiger partial charge in [0.25, 0.3) is 0 Å². The summed E-state index contributed by atoms with van der Waals surface area (Å²) in [6, 6.07) is 16.8. The highest BCUT2D eigenvalue weighted by atomic mass is 32.2. The summed E-state index contributed by atoms with van der Waals surface area (Å²) in [6.45, 7) is 2.15. The van der Waals surface area contributed by atoms with Crippen LogP contribution in [0.15, 0.2) is 65.7 Å². The van der Waals surface area contributed by atoms with Crippen molar-refractivity contribution in [3.63, 3.8) is 0 Å². The molecule has 26 heavy (non-hydrogen) atoms. The molecule has 130 valence electrons. The van der Waals surface area contributed by atoms with Crippen molar-refractivity contribution in [1.82, 2.24) is 14.5 Å². The van der Waals surface area contributed by atoms with Crippen molar-refractivity contribution in [3.8, 4) is 22.5 Å². The number of rotatable bonds is 4. The monoisotopic (exact) mass is 363 g/mol. The first-order valence-corrected chi connectivity index (χ1v) is 9.46. The Morgan fingerprint density at radius 3 is 2.58 bits per heavy atom. The van der Waals surface area contributed by atoms with Crippen LogP contribution in [0.5, 0.6) is 0 Å². The van der Waals surface area contributed by atoms with Gasteiger partial charge in [-0.05, 0) is 35.6 Å². The van der Waals surface area contributed by atoms with E-state index in [1.165, 1.54) is 17.0 Å². The van der Waals surface area contributed by atoms with Crippen molar-refractivity contribution in [2.24, 2.45) is 7.05 Å². The fourth-order valence-corrected chi connectivity index (χ4v) is 3.85. The lowest BCUT2D eigenvalue weighted by Gasteiger charge is -2.07. The van der Waals surface area contributed by atoms with Gasteiger partial charge in [0.15, 0.2) is 5.65 Å². The molecule has 0 spiro atoms. The van der Waals surface area contributed by atoms with Gasteiger partial charge in [-0.1, -0.05) is 37.3 Å². The fourth-order valence-electron chi connectivity index (χ4n) is 3.05. The molecule has 0 saturated carbocycles. The number of pyridine rings is 1. The molecule has 4 rings (SSSR count). The van der Waals surface area contributed by atoms with Gasteiger partial charge in [-0.15, -0.1) is 11.8 Å². The lowest BCUT2D eigenvalue weighted by molar-refractivity contribution is 0.628. The van der Waals surface area contributed by atoms with Gasteiger partial charge < -0.3 is 4.57 Å². The van der Waals surface area contributed by atoms with E-state index >= 15 is 0 Å². The highest BCUT2D eigenvalue weighted by Gasteiger charge is 2.15. The second kappa shape index (κ2) is 6.92. The van der Waals surface area contributed by atoms with E-state index in [1.54, 1.807) is 12.1 Å². The predicted molar refractivity (Wildman–Crippen MR) is 106 cm³/mol. The molecule has 2 aromatic heterocycles. The number of imidazole rings is 1. The van der Waals surface area contributed by atoms with Crippen molar-refractivity contribution in [2.75, 3.05) is 5.75 Å². The largest absolute Gasteiger partial charge is 0.312 e. The molecule has 2 aromatic carbocycles. The average molecular weight is 363 g/mol. The predicted octanol–water partition coefficient (Wildman–Crippen LogP) is 5.55. The number of nitrogens with zero attached hydrogens (tertiary/aromatic N) is 3. The summed E-state index contributed by atoms with van der Waals surface area (Å²) >= 11 is 1.81. The molecule has 0 saturated heterocycles. The lowest BCUT2D eigenvalue weighted by Crippen LogP contribution is -1.95. The minimum Gasteiger partial charge on any atom is -0.312 e. The molecule has 0 N–H and O–H groups in total. The number of benzene rings is 2. The maximum atomic E-state index is 13.2. The summed E-state index contributed by atoms with van der Waals surface area (Å²) in [5, 5.41) is 0. The Labute approximate surface area is 155 Å². The number of aryl methyl sites for hydroxylation is 1. The lowest BCUT2D eigenvalue weighted by atomic mass is 10.1. The van der Waals surface area contributed by atoms with E-state index in [2.05, 4.69) is 30.1 Å². The van der Waals surface area contributed by atoms with Crippen LogP contribution >= 0.6 is 11.8 Å². The molecule has 0 aliphatic heterocycles. The van der Waals surface area contributed by atoms with E-state index in [4.69, 9.17) is 4.98 Å². The molecule has 5 heteroatoms. The third-order valence-electron chi connectivity index (χ3n) is 4.31. The van der Waals surface area contributed by atoms with E-state index in [-0.39, 0.29) is 5.82 Å². The molecule has 0 radical (unpaired) electrons. The van der Waals surface area contributed by atoms with Gasteiger partial charge in [0.1, 0.15) is 17.2 Å². The molecule has 0 unspecified atom stereocenters. The maximum Gasteiger partial charge on any atom is 0.160 e. The van der Waals surface area contributed by atoms with Crippen molar-refractivity contribution < 1.29 is 4.39 Å². The Morgan fingerprint density at radius 1 is 1.04 bits per heavy atom. The van der Waals surface area contributed by atoms with Crippen molar-refractivity contribution in [1.29, 1.82) is 0 Å².